The molecule has 2 heterocycles. The Labute approximate surface area is 125 Å². The predicted octanol–water partition coefficient (Wildman–Crippen LogP) is 1.72. The van der Waals surface area contributed by atoms with Gasteiger partial charge in [-0.2, -0.15) is 0 Å². The van der Waals surface area contributed by atoms with Gasteiger partial charge < -0.3 is 10.1 Å². The zero-order valence-electron chi connectivity index (χ0n) is 13.0. The lowest BCUT2D eigenvalue weighted by molar-refractivity contribution is -0.0631. The van der Waals surface area contributed by atoms with E-state index in [1.807, 2.05) is 4.68 Å². The molecule has 114 valence electrons. The number of likely N-dealkylation sites (N-methyl/N-ethyl adjacent to an activating group) is 1. The van der Waals surface area contributed by atoms with Gasteiger partial charge in [-0.3, -0.25) is 0 Å². The third-order valence-electron chi connectivity index (χ3n) is 3.49. The minimum atomic E-state index is -0.160. The maximum absolute atomic E-state index is 6.12. The summed E-state index contributed by atoms with van der Waals surface area (Å²) in [6, 6.07) is 0. The van der Waals surface area contributed by atoms with Crippen LogP contribution in [0.25, 0.3) is 0 Å². The summed E-state index contributed by atoms with van der Waals surface area (Å²) in [5, 5.41) is 16.5. The molecule has 7 heteroatoms. The highest BCUT2D eigenvalue weighted by molar-refractivity contribution is 7.99. The zero-order valence-corrected chi connectivity index (χ0v) is 13.8. The van der Waals surface area contributed by atoms with Crippen molar-refractivity contribution in [1.82, 2.24) is 25.5 Å². The fraction of sp³-hybridized carbons (Fsp3) is 0.923. The van der Waals surface area contributed by atoms with Crippen LogP contribution in [0.15, 0.2) is 5.16 Å². The Morgan fingerprint density at radius 3 is 2.75 bits per heavy atom. The van der Waals surface area contributed by atoms with E-state index in [0.29, 0.717) is 5.25 Å². The minimum absolute atomic E-state index is 0.0801. The van der Waals surface area contributed by atoms with Crippen LogP contribution < -0.4 is 5.32 Å². The summed E-state index contributed by atoms with van der Waals surface area (Å²) in [7, 11) is 0. The normalized spacial score (nSPS) is 24.1. The lowest BCUT2D eigenvalue weighted by Crippen LogP contribution is -2.31. The third-order valence-corrected chi connectivity index (χ3v) is 5.01. The van der Waals surface area contributed by atoms with Gasteiger partial charge >= 0.3 is 0 Å². The molecule has 0 saturated carbocycles. The van der Waals surface area contributed by atoms with E-state index in [9.17, 15) is 0 Å². The van der Waals surface area contributed by atoms with Crippen LogP contribution in [-0.2, 0) is 11.3 Å². The lowest BCUT2D eigenvalue weighted by atomic mass is 10.0. The monoisotopic (exact) mass is 299 g/mol. The summed E-state index contributed by atoms with van der Waals surface area (Å²) in [5.41, 5.74) is -0.240. The Bertz CT molecular complexity index is 446. The molecule has 1 N–H and O–H groups in total. The average Bonchev–Trinajstić information content (AvgIpc) is 2.82. The van der Waals surface area contributed by atoms with Gasteiger partial charge in [-0.25, -0.2) is 4.68 Å². The number of nitrogens with zero attached hydrogens (tertiary/aromatic N) is 4. The standard InChI is InChI=1S/C13H25N5OS/c1-6-14-7-8-18-11(15-16-17-18)20-10-9-12(2,3)19-13(10,4)5/h10,14H,6-9H2,1-5H3. The molecule has 0 radical (unpaired) electrons. The van der Waals surface area contributed by atoms with E-state index in [1.165, 1.54) is 0 Å². The van der Waals surface area contributed by atoms with Crippen molar-refractivity contribution < 1.29 is 4.74 Å². The molecule has 6 nitrogen and oxygen atoms in total. The molecular formula is C13H25N5OS. The van der Waals surface area contributed by atoms with Gasteiger partial charge in [0.2, 0.25) is 5.16 Å². The fourth-order valence-corrected chi connectivity index (χ4v) is 4.01. The van der Waals surface area contributed by atoms with E-state index >= 15 is 0 Å². The van der Waals surface area contributed by atoms with E-state index in [4.69, 9.17) is 4.74 Å². The summed E-state index contributed by atoms with van der Waals surface area (Å²) >= 11 is 1.73. The summed E-state index contributed by atoms with van der Waals surface area (Å²) in [6.45, 7) is 13.3. The van der Waals surface area contributed by atoms with Crippen molar-refractivity contribution in [2.75, 3.05) is 13.1 Å². The van der Waals surface area contributed by atoms with Crippen molar-refractivity contribution in [1.29, 1.82) is 0 Å². The number of thioether (sulfide) groups is 1. The highest BCUT2D eigenvalue weighted by Gasteiger charge is 2.46. The van der Waals surface area contributed by atoms with Crippen LogP contribution in [0, 0.1) is 0 Å². The summed E-state index contributed by atoms with van der Waals surface area (Å²) in [6.07, 6.45) is 1.00. The van der Waals surface area contributed by atoms with Crippen LogP contribution in [0.5, 0.6) is 0 Å². The van der Waals surface area contributed by atoms with Crippen molar-refractivity contribution in [2.24, 2.45) is 0 Å². The smallest absolute Gasteiger partial charge is 0.209 e. The largest absolute Gasteiger partial charge is 0.368 e. The molecule has 0 amide bonds. The van der Waals surface area contributed by atoms with Crippen LogP contribution in [-0.4, -0.2) is 49.7 Å². The van der Waals surface area contributed by atoms with E-state index in [0.717, 1.165) is 31.2 Å². The average molecular weight is 299 g/mol. The molecule has 0 aromatic carbocycles. The summed E-state index contributed by atoms with van der Waals surface area (Å²) in [5.74, 6) is 0. The molecule has 20 heavy (non-hydrogen) atoms. The first-order valence-electron chi connectivity index (χ1n) is 7.18. The predicted molar refractivity (Wildman–Crippen MR) is 79.9 cm³/mol. The van der Waals surface area contributed by atoms with Gasteiger partial charge in [-0.05, 0) is 51.1 Å². The van der Waals surface area contributed by atoms with Crippen molar-refractivity contribution in [2.45, 2.75) is 69.2 Å². The number of aromatic nitrogens is 4. The Balaban J connectivity index is 2.01. The highest BCUT2D eigenvalue weighted by Crippen LogP contribution is 2.45. The maximum atomic E-state index is 6.12. The highest BCUT2D eigenvalue weighted by atomic mass is 32.2. The molecule has 2 rings (SSSR count). The van der Waals surface area contributed by atoms with Crippen LogP contribution in [0.2, 0.25) is 0 Å². The van der Waals surface area contributed by atoms with Gasteiger partial charge in [0.05, 0.1) is 17.7 Å². The Hall–Kier alpha value is -0.660. The van der Waals surface area contributed by atoms with Gasteiger partial charge in [0.25, 0.3) is 0 Å². The lowest BCUT2D eigenvalue weighted by Gasteiger charge is -2.26. The first-order valence-corrected chi connectivity index (χ1v) is 8.06. The SMILES string of the molecule is CCNCCn1nnnc1SC1CC(C)(C)OC1(C)C. The molecule has 0 spiro atoms. The van der Waals surface area contributed by atoms with Crippen molar-refractivity contribution in [3.63, 3.8) is 0 Å². The maximum Gasteiger partial charge on any atom is 0.209 e. The molecule has 0 aliphatic carbocycles. The number of hydrogen-bond donors (Lipinski definition) is 1. The van der Waals surface area contributed by atoms with Crippen LogP contribution >= 0.6 is 11.8 Å². The number of hydrogen-bond acceptors (Lipinski definition) is 6. The molecule has 1 aliphatic rings. The first kappa shape index (κ1) is 15.7. The first-order chi connectivity index (χ1) is 9.34. The van der Waals surface area contributed by atoms with Crippen LogP contribution in [0.1, 0.15) is 41.0 Å². The van der Waals surface area contributed by atoms with Crippen molar-refractivity contribution in [3.05, 3.63) is 0 Å². The van der Waals surface area contributed by atoms with Crippen LogP contribution in [0.4, 0.5) is 0 Å². The van der Waals surface area contributed by atoms with Gasteiger partial charge in [-0.1, -0.05) is 18.7 Å². The second-order valence-electron chi connectivity index (χ2n) is 6.31. The van der Waals surface area contributed by atoms with E-state index in [1.54, 1.807) is 11.8 Å². The molecule has 0 bridgehead atoms. The molecular weight excluding hydrogens is 274 g/mol. The van der Waals surface area contributed by atoms with Crippen molar-refractivity contribution in [3.8, 4) is 0 Å². The summed E-state index contributed by atoms with van der Waals surface area (Å²) < 4.78 is 7.99. The van der Waals surface area contributed by atoms with E-state index in [2.05, 4.69) is 55.5 Å². The zero-order chi connectivity index (χ0) is 14.8. The van der Waals surface area contributed by atoms with Gasteiger partial charge in [-0.15, -0.1) is 5.10 Å². The van der Waals surface area contributed by atoms with Gasteiger partial charge in [0, 0.05) is 11.8 Å². The number of nitrogens with one attached hydrogen (secondary N) is 1. The quantitative estimate of drug-likeness (QED) is 0.807. The Morgan fingerprint density at radius 2 is 2.15 bits per heavy atom. The molecule has 1 atom stereocenters. The fourth-order valence-electron chi connectivity index (χ4n) is 2.61. The number of rotatable bonds is 6. The van der Waals surface area contributed by atoms with Crippen molar-refractivity contribution >= 4 is 11.8 Å². The molecule has 1 aromatic heterocycles. The minimum Gasteiger partial charge on any atom is -0.368 e. The van der Waals surface area contributed by atoms with E-state index in [-0.39, 0.29) is 11.2 Å². The van der Waals surface area contributed by atoms with Crippen LogP contribution in [0.3, 0.4) is 0 Å². The Morgan fingerprint density at radius 1 is 1.40 bits per heavy atom. The third kappa shape index (κ3) is 3.71. The molecule has 1 aliphatic heterocycles. The molecule has 1 unspecified atom stereocenters. The second-order valence-corrected chi connectivity index (χ2v) is 7.48. The molecule has 1 fully saturated rings. The summed E-state index contributed by atoms with van der Waals surface area (Å²) in [4.78, 5) is 0. The molecule has 1 saturated heterocycles. The Kier molecular flexibility index (Phi) is 4.71. The molecule has 1 aromatic rings. The topological polar surface area (TPSA) is 64.9 Å². The van der Waals surface area contributed by atoms with Gasteiger partial charge in [0.15, 0.2) is 0 Å². The number of ether oxygens (including phenoxy) is 1. The number of tetrazole rings is 1. The van der Waals surface area contributed by atoms with Gasteiger partial charge in [0.1, 0.15) is 0 Å². The van der Waals surface area contributed by atoms with E-state index < -0.39 is 0 Å². The second kappa shape index (κ2) is 5.99.